The summed E-state index contributed by atoms with van der Waals surface area (Å²) in [5.74, 6) is -0.217. The van der Waals surface area contributed by atoms with Gasteiger partial charge in [-0.2, -0.15) is 0 Å². The van der Waals surface area contributed by atoms with Crippen LogP contribution in [-0.4, -0.2) is 40.1 Å². The van der Waals surface area contributed by atoms with Crippen LogP contribution in [0.3, 0.4) is 0 Å². The molecule has 0 atom stereocenters. The Labute approximate surface area is 207 Å². The SMILES string of the molecule is CC(=O)N(CCCCCC/C=C/c1ccc2c(c1)/C(=N/O)c1ccccc1-2)NC(=O)OC(C)(C)C. The molecule has 0 aliphatic heterocycles. The number of fused-ring (bicyclic) bond motifs is 3. The highest BCUT2D eigenvalue weighted by Gasteiger charge is 2.25. The standard InChI is InChI=1S/C28H35N3O4/c1-20(32)31(29-27(33)35-28(2,3)4)18-12-8-6-5-7-9-13-21-16-17-23-22-14-10-11-15-24(22)26(30-34)25(23)19-21/h9-11,13-17,19,34H,5-8,12,18H2,1-4H3,(H,29,33)/b13-9+,30-26+. The molecule has 7 heteroatoms. The minimum absolute atomic E-state index is 0.217. The van der Waals surface area contributed by atoms with Crippen LogP contribution in [0.1, 0.15) is 76.5 Å². The van der Waals surface area contributed by atoms with Gasteiger partial charge in [0.2, 0.25) is 5.91 Å². The third-order valence-electron chi connectivity index (χ3n) is 5.69. The van der Waals surface area contributed by atoms with E-state index in [1.165, 1.54) is 11.9 Å². The zero-order valence-electron chi connectivity index (χ0n) is 21.0. The second-order valence-electron chi connectivity index (χ2n) is 9.69. The molecule has 0 bridgehead atoms. The molecule has 7 nitrogen and oxygen atoms in total. The van der Waals surface area contributed by atoms with E-state index in [0.717, 1.165) is 59.9 Å². The van der Waals surface area contributed by atoms with E-state index in [-0.39, 0.29) is 5.91 Å². The number of amides is 2. The maximum absolute atomic E-state index is 11.9. The van der Waals surface area contributed by atoms with Crippen molar-refractivity contribution in [1.29, 1.82) is 0 Å². The van der Waals surface area contributed by atoms with E-state index >= 15 is 0 Å². The number of hydrazine groups is 1. The number of rotatable bonds is 8. The van der Waals surface area contributed by atoms with E-state index in [1.54, 1.807) is 20.8 Å². The molecule has 186 valence electrons. The van der Waals surface area contributed by atoms with Gasteiger partial charge in [0.15, 0.2) is 0 Å². The fourth-order valence-electron chi connectivity index (χ4n) is 4.08. The van der Waals surface area contributed by atoms with E-state index in [0.29, 0.717) is 12.3 Å². The predicted molar refractivity (Wildman–Crippen MR) is 138 cm³/mol. The number of benzene rings is 2. The molecule has 0 heterocycles. The van der Waals surface area contributed by atoms with E-state index in [9.17, 15) is 14.8 Å². The highest BCUT2D eigenvalue weighted by atomic mass is 16.6. The van der Waals surface area contributed by atoms with Crippen LogP contribution in [0.15, 0.2) is 53.7 Å². The summed E-state index contributed by atoms with van der Waals surface area (Å²) in [5, 5.41) is 14.4. The second kappa shape index (κ2) is 11.7. The van der Waals surface area contributed by atoms with Crippen LogP contribution in [0.5, 0.6) is 0 Å². The van der Waals surface area contributed by atoms with Crippen molar-refractivity contribution in [3.63, 3.8) is 0 Å². The Morgan fingerprint density at radius 3 is 2.37 bits per heavy atom. The van der Waals surface area contributed by atoms with Gasteiger partial charge in [-0.15, -0.1) is 0 Å². The largest absolute Gasteiger partial charge is 0.443 e. The highest BCUT2D eigenvalue weighted by Crippen LogP contribution is 2.37. The summed E-state index contributed by atoms with van der Waals surface area (Å²) in [6, 6.07) is 14.2. The molecule has 0 spiro atoms. The van der Waals surface area contributed by atoms with Crippen LogP contribution in [0.25, 0.3) is 17.2 Å². The van der Waals surface area contributed by atoms with E-state index in [2.05, 4.69) is 40.9 Å². The molecule has 0 radical (unpaired) electrons. The van der Waals surface area contributed by atoms with Gasteiger partial charge in [0.25, 0.3) is 0 Å². The van der Waals surface area contributed by atoms with Gasteiger partial charge in [0, 0.05) is 24.6 Å². The van der Waals surface area contributed by atoms with Gasteiger partial charge >= 0.3 is 6.09 Å². The third-order valence-corrected chi connectivity index (χ3v) is 5.69. The van der Waals surface area contributed by atoms with Crippen molar-refractivity contribution in [2.24, 2.45) is 5.16 Å². The van der Waals surface area contributed by atoms with Gasteiger partial charge < -0.3 is 9.94 Å². The smallest absolute Gasteiger partial charge is 0.426 e. The Morgan fingerprint density at radius 1 is 1.00 bits per heavy atom. The number of nitrogens with one attached hydrogen (secondary N) is 1. The summed E-state index contributed by atoms with van der Waals surface area (Å²) in [4.78, 5) is 23.7. The molecule has 2 amide bonds. The van der Waals surface area contributed by atoms with Crippen LogP contribution in [-0.2, 0) is 9.53 Å². The fraction of sp³-hybridized carbons (Fsp3) is 0.393. The highest BCUT2D eigenvalue weighted by molar-refractivity contribution is 6.24. The molecule has 3 rings (SSSR count). The zero-order valence-corrected chi connectivity index (χ0v) is 21.0. The van der Waals surface area contributed by atoms with Crippen LogP contribution in [0, 0.1) is 0 Å². The number of carbonyl (C=O) groups is 2. The van der Waals surface area contributed by atoms with Crippen LogP contribution in [0.2, 0.25) is 0 Å². The molecular formula is C28H35N3O4. The summed E-state index contributed by atoms with van der Waals surface area (Å²) >= 11 is 0. The zero-order chi connectivity index (χ0) is 25.4. The maximum Gasteiger partial charge on any atom is 0.426 e. The lowest BCUT2D eigenvalue weighted by Crippen LogP contribution is -2.47. The van der Waals surface area contributed by atoms with Gasteiger partial charge in [-0.05, 0) is 62.8 Å². The molecule has 0 saturated heterocycles. The van der Waals surface area contributed by atoms with E-state index < -0.39 is 11.7 Å². The Morgan fingerprint density at radius 2 is 1.69 bits per heavy atom. The third kappa shape index (κ3) is 7.18. The number of ether oxygens (including phenoxy) is 1. The predicted octanol–water partition coefficient (Wildman–Crippen LogP) is 6.15. The van der Waals surface area contributed by atoms with Gasteiger partial charge in [-0.25, -0.2) is 10.2 Å². The lowest BCUT2D eigenvalue weighted by Gasteiger charge is -2.25. The summed E-state index contributed by atoms with van der Waals surface area (Å²) in [6.07, 6.45) is 8.41. The summed E-state index contributed by atoms with van der Waals surface area (Å²) < 4.78 is 5.21. The molecule has 1 aliphatic rings. The van der Waals surface area contributed by atoms with Crippen LogP contribution in [0.4, 0.5) is 4.79 Å². The van der Waals surface area contributed by atoms with E-state index in [1.807, 2.05) is 24.3 Å². The average molecular weight is 478 g/mol. The first-order chi connectivity index (χ1) is 16.7. The normalized spacial score (nSPS) is 13.5. The van der Waals surface area contributed by atoms with Crippen molar-refractivity contribution >= 4 is 23.8 Å². The van der Waals surface area contributed by atoms with Crippen molar-refractivity contribution in [2.45, 2.75) is 65.4 Å². The Balaban J connectivity index is 1.41. The topological polar surface area (TPSA) is 91.2 Å². The molecule has 2 N–H and O–H groups in total. The van der Waals surface area contributed by atoms with Crippen molar-refractivity contribution in [3.8, 4) is 11.1 Å². The molecule has 1 aliphatic carbocycles. The Bertz CT molecular complexity index is 1120. The summed E-state index contributed by atoms with van der Waals surface area (Å²) in [7, 11) is 0. The monoisotopic (exact) mass is 477 g/mol. The molecule has 0 fully saturated rings. The Kier molecular flexibility index (Phi) is 8.68. The molecule has 0 saturated carbocycles. The maximum atomic E-state index is 11.9. The first-order valence-corrected chi connectivity index (χ1v) is 12.1. The number of oxime groups is 1. The molecule has 35 heavy (non-hydrogen) atoms. The first kappa shape index (κ1) is 26.0. The van der Waals surface area contributed by atoms with Gasteiger partial charge in [0.05, 0.1) is 0 Å². The van der Waals surface area contributed by atoms with Gasteiger partial charge in [-0.1, -0.05) is 66.5 Å². The summed E-state index contributed by atoms with van der Waals surface area (Å²) in [6.45, 7) is 7.22. The lowest BCUT2D eigenvalue weighted by atomic mass is 10.0. The first-order valence-electron chi connectivity index (χ1n) is 12.1. The number of unbranched alkanes of at least 4 members (excludes halogenated alkanes) is 4. The number of hydrogen-bond acceptors (Lipinski definition) is 5. The van der Waals surface area contributed by atoms with Crippen LogP contribution < -0.4 is 5.43 Å². The quantitative estimate of drug-likeness (QED) is 0.231. The van der Waals surface area contributed by atoms with E-state index in [4.69, 9.17) is 4.74 Å². The lowest BCUT2D eigenvalue weighted by molar-refractivity contribution is -0.132. The summed E-state index contributed by atoms with van der Waals surface area (Å²) in [5.41, 5.74) is 7.69. The number of hydrogen-bond donors (Lipinski definition) is 2. The van der Waals surface area contributed by atoms with Crippen LogP contribution >= 0.6 is 0 Å². The van der Waals surface area contributed by atoms with Crippen molar-refractivity contribution in [3.05, 3.63) is 65.2 Å². The van der Waals surface area contributed by atoms with Crippen molar-refractivity contribution in [1.82, 2.24) is 10.4 Å². The molecular weight excluding hydrogens is 442 g/mol. The molecule has 0 aromatic heterocycles. The molecule has 2 aromatic rings. The van der Waals surface area contributed by atoms with Gasteiger partial charge in [-0.3, -0.25) is 9.80 Å². The fourth-order valence-corrected chi connectivity index (χ4v) is 4.08. The molecule has 2 aromatic carbocycles. The van der Waals surface area contributed by atoms with Gasteiger partial charge in [0.1, 0.15) is 11.3 Å². The number of allylic oxidation sites excluding steroid dienone is 1. The average Bonchev–Trinajstić information content (AvgIpc) is 3.11. The second-order valence-corrected chi connectivity index (χ2v) is 9.69. The van der Waals surface area contributed by atoms with Crippen molar-refractivity contribution < 1.29 is 19.5 Å². The number of nitrogens with zero attached hydrogens (tertiary/aromatic N) is 2. The minimum atomic E-state index is -0.620. The Hall–Kier alpha value is -3.61. The minimum Gasteiger partial charge on any atom is -0.443 e. The molecule has 0 unspecified atom stereocenters. The van der Waals surface area contributed by atoms with Crippen molar-refractivity contribution in [2.75, 3.05) is 6.54 Å². The number of carbonyl (C=O) groups excluding carboxylic acids is 2.